The topological polar surface area (TPSA) is 49.6 Å². The third-order valence-electron chi connectivity index (χ3n) is 7.92. The van der Waals surface area contributed by atoms with Gasteiger partial charge in [0.05, 0.1) is 28.4 Å². The van der Waals surface area contributed by atoms with E-state index in [1.807, 2.05) is 48.7 Å². The van der Waals surface area contributed by atoms with Gasteiger partial charge in [0.25, 0.3) is 0 Å². The van der Waals surface area contributed by atoms with Crippen LogP contribution in [0.25, 0.3) is 76.5 Å². The molecular formula is C37H21N3. The van der Waals surface area contributed by atoms with Gasteiger partial charge < -0.3 is 0 Å². The summed E-state index contributed by atoms with van der Waals surface area (Å²) in [5.41, 5.74) is 6.81. The van der Waals surface area contributed by atoms with Crippen LogP contribution in [0.3, 0.4) is 0 Å². The van der Waals surface area contributed by atoms with Crippen LogP contribution in [-0.2, 0) is 0 Å². The quantitative estimate of drug-likeness (QED) is 0.219. The molecule has 40 heavy (non-hydrogen) atoms. The average molecular weight is 508 g/mol. The first-order chi connectivity index (χ1) is 19.8. The maximum Gasteiger partial charge on any atom is 0.0998 e. The molecule has 8 aromatic rings. The number of pyridine rings is 2. The smallest absolute Gasteiger partial charge is 0.0998 e. The van der Waals surface area contributed by atoms with E-state index < -0.39 is 0 Å². The molecule has 0 aliphatic rings. The van der Waals surface area contributed by atoms with E-state index in [0.29, 0.717) is 5.56 Å². The lowest BCUT2D eigenvalue weighted by atomic mass is 9.90. The molecule has 0 fully saturated rings. The van der Waals surface area contributed by atoms with Gasteiger partial charge in [0.1, 0.15) is 0 Å². The Morgan fingerprint density at radius 3 is 2.08 bits per heavy atom. The molecule has 2 aromatic heterocycles. The van der Waals surface area contributed by atoms with Crippen molar-refractivity contribution >= 4 is 54.1 Å². The van der Waals surface area contributed by atoms with Crippen molar-refractivity contribution in [2.75, 3.05) is 0 Å². The summed E-state index contributed by atoms with van der Waals surface area (Å²) in [6, 6.07) is 44.1. The summed E-state index contributed by atoms with van der Waals surface area (Å²) < 4.78 is 0. The number of rotatable bonds is 2. The second kappa shape index (κ2) is 8.73. The van der Waals surface area contributed by atoms with E-state index in [0.717, 1.165) is 71.1 Å². The maximum absolute atomic E-state index is 9.67. The zero-order chi connectivity index (χ0) is 26.6. The van der Waals surface area contributed by atoms with E-state index in [9.17, 15) is 5.26 Å². The average Bonchev–Trinajstić information content (AvgIpc) is 3.03. The number of nitrogens with zero attached hydrogens (tertiary/aromatic N) is 3. The molecular weight excluding hydrogens is 486 g/mol. The first-order valence-corrected chi connectivity index (χ1v) is 13.3. The minimum atomic E-state index is 0.682. The van der Waals surface area contributed by atoms with Crippen LogP contribution in [0.1, 0.15) is 5.56 Å². The molecule has 3 nitrogen and oxygen atoms in total. The number of nitriles is 1. The Balaban J connectivity index is 1.54. The molecule has 6 aromatic carbocycles. The zero-order valence-electron chi connectivity index (χ0n) is 21.5. The Hall–Kier alpha value is -5.59. The van der Waals surface area contributed by atoms with Gasteiger partial charge in [-0.25, -0.2) is 4.98 Å². The van der Waals surface area contributed by atoms with Crippen LogP contribution in [0.2, 0.25) is 0 Å². The molecule has 3 heteroatoms. The molecule has 0 unspecified atom stereocenters. The van der Waals surface area contributed by atoms with Crippen LogP contribution in [0.5, 0.6) is 0 Å². The van der Waals surface area contributed by atoms with Crippen molar-refractivity contribution in [1.82, 2.24) is 9.97 Å². The fourth-order valence-corrected chi connectivity index (χ4v) is 6.16. The molecule has 2 heterocycles. The highest BCUT2D eigenvalue weighted by Crippen LogP contribution is 2.43. The minimum Gasteiger partial charge on any atom is -0.256 e. The van der Waals surface area contributed by atoms with Crippen molar-refractivity contribution in [1.29, 1.82) is 5.26 Å². The highest BCUT2D eigenvalue weighted by atomic mass is 14.7. The fraction of sp³-hybridized carbons (Fsp3) is 0. The molecule has 0 amide bonds. The molecule has 8 rings (SSSR count). The monoisotopic (exact) mass is 507 g/mol. The van der Waals surface area contributed by atoms with Crippen LogP contribution in [-0.4, -0.2) is 9.97 Å². The lowest BCUT2D eigenvalue weighted by Gasteiger charge is -2.16. The van der Waals surface area contributed by atoms with Crippen molar-refractivity contribution in [3.05, 3.63) is 133 Å². The molecule has 0 N–H and O–H groups in total. The fourth-order valence-electron chi connectivity index (χ4n) is 6.16. The summed E-state index contributed by atoms with van der Waals surface area (Å²) in [6.07, 6.45) is 1.87. The summed E-state index contributed by atoms with van der Waals surface area (Å²) in [6.45, 7) is 0. The molecule has 0 aliphatic carbocycles. The second-order valence-corrected chi connectivity index (χ2v) is 10.1. The number of aromatic nitrogens is 2. The first kappa shape index (κ1) is 22.4. The number of fused-ring (bicyclic) bond motifs is 9. The Bertz CT molecular complexity index is 2330. The molecule has 0 bridgehead atoms. The van der Waals surface area contributed by atoms with Gasteiger partial charge in [-0.2, -0.15) is 5.26 Å². The van der Waals surface area contributed by atoms with E-state index >= 15 is 0 Å². The largest absolute Gasteiger partial charge is 0.256 e. The number of hydrogen-bond donors (Lipinski definition) is 0. The molecule has 184 valence electrons. The first-order valence-electron chi connectivity index (χ1n) is 13.3. The lowest BCUT2D eigenvalue weighted by molar-refractivity contribution is 1.42. The summed E-state index contributed by atoms with van der Waals surface area (Å²) in [4.78, 5) is 10.2. The van der Waals surface area contributed by atoms with Gasteiger partial charge in [-0.1, -0.05) is 103 Å². The summed E-state index contributed by atoms with van der Waals surface area (Å²) in [5, 5.41) is 18.5. The number of benzene rings is 6. The highest BCUT2D eigenvalue weighted by molar-refractivity contribution is 6.33. The van der Waals surface area contributed by atoms with Crippen LogP contribution in [0.15, 0.2) is 128 Å². The third-order valence-corrected chi connectivity index (χ3v) is 7.92. The zero-order valence-corrected chi connectivity index (χ0v) is 21.5. The van der Waals surface area contributed by atoms with Gasteiger partial charge in [-0.05, 0) is 40.1 Å². The molecule has 0 radical (unpaired) electrons. The van der Waals surface area contributed by atoms with Gasteiger partial charge in [-0.15, -0.1) is 0 Å². The van der Waals surface area contributed by atoms with E-state index in [-0.39, 0.29) is 0 Å². The Labute approximate surface area is 230 Å². The van der Waals surface area contributed by atoms with Gasteiger partial charge in [-0.3, -0.25) is 4.98 Å². The lowest BCUT2D eigenvalue weighted by Crippen LogP contribution is -1.94. The summed E-state index contributed by atoms with van der Waals surface area (Å²) >= 11 is 0. The molecule has 0 spiro atoms. The van der Waals surface area contributed by atoms with Crippen molar-refractivity contribution in [2.45, 2.75) is 0 Å². The van der Waals surface area contributed by atoms with Crippen molar-refractivity contribution in [2.24, 2.45) is 0 Å². The Kier molecular flexibility index (Phi) is 4.89. The third kappa shape index (κ3) is 3.24. The van der Waals surface area contributed by atoms with Crippen molar-refractivity contribution < 1.29 is 0 Å². The van der Waals surface area contributed by atoms with Crippen molar-refractivity contribution in [3.8, 4) is 28.5 Å². The van der Waals surface area contributed by atoms with E-state index in [4.69, 9.17) is 9.97 Å². The molecule has 0 atom stereocenters. The van der Waals surface area contributed by atoms with Gasteiger partial charge >= 0.3 is 0 Å². The predicted octanol–water partition coefficient (Wildman–Crippen LogP) is 9.45. The Morgan fingerprint density at radius 1 is 0.525 bits per heavy atom. The van der Waals surface area contributed by atoms with E-state index in [1.165, 1.54) is 5.39 Å². The normalized spacial score (nSPS) is 11.5. The van der Waals surface area contributed by atoms with Crippen LogP contribution < -0.4 is 0 Å². The summed E-state index contributed by atoms with van der Waals surface area (Å²) in [5.74, 6) is 0. The van der Waals surface area contributed by atoms with Crippen molar-refractivity contribution in [3.63, 3.8) is 0 Å². The minimum absolute atomic E-state index is 0.682. The second-order valence-electron chi connectivity index (χ2n) is 10.1. The standard InChI is InChI=1S/C37H21N3/c38-22-25-17-18-27(28-12-5-4-11-26(25)28)24-16-19-31-33(21-24)40-36(23-9-2-1-3-10-23)35-29-13-6-7-14-30(29)37-32(34(31)35)15-8-20-39-37/h1-21H. The predicted molar refractivity (Wildman–Crippen MR) is 165 cm³/mol. The summed E-state index contributed by atoms with van der Waals surface area (Å²) in [7, 11) is 0. The SMILES string of the molecule is N#Cc1ccc(-c2ccc3c(c2)nc(-c2ccccc2)c2c4ccccc4c4ncccc4c32)c2ccccc12. The molecule has 0 saturated carbocycles. The maximum atomic E-state index is 9.67. The van der Waals surface area contributed by atoms with Crippen LogP contribution in [0.4, 0.5) is 0 Å². The van der Waals surface area contributed by atoms with Gasteiger partial charge in [0, 0.05) is 44.1 Å². The highest BCUT2D eigenvalue weighted by Gasteiger charge is 2.18. The van der Waals surface area contributed by atoms with E-state index in [1.54, 1.807) is 0 Å². The van der Waals surface area contributed by atoms with Crippen LogP contribution in [0, 0.1) is 11.3 Å². The molecule has 0 aliphatic heterocycles. The van der Waals surface area contributed by atoms with Gasteiger partial charge in [0.2, 0.25) is 0 Å². The molecule has 0 saturated heterocycles. The van der Waals surface area contributed by atoms with Crippen LogP contribution >= 0.6 is 0 Å². The van der Waals surface area contributed by atoms with Gasteiger partial charge in [0.15, 0.2) is 0 Å². The van der Waals surface area contributed by atoms with E-state index in [2.05, 4.69) is 84.9 Å². The number of hydrogen-bond acceptors (Lipinski definition) is 3. The Morgan fingerprint density at radius 2 is 1.25 bits per heavy atom.